The molecule has 2 aliphatic rings. The quantitative estimate of drug-likeness (QED) is 0.907. The van der Waals surface area contributed by atoms with Crippen LogP contribution in [0.2, 0.25) is 0 Å². The lowest BCUT2D eigenvalue weighted by Crippen LogP contribution is -2.50. The first-order valence-electron chi connectivity index (χ1n) is 7.66. The molecule has 1 N–H and O–H groups in total. The first-order valence-corrected chi connectivity index (χ1v) is 7.66. The number of rotatable bonds is 5. The Kier molecular flexibility index (Phi) is 3.85. The highest BCUT2D eigenvalue weighted by molar-refractivity contribution is 5.81. The van der Waals surface area contributed by atoms with Gasteiger partial charge in [-0.2, -0.15) is 5.26 Å². The van der Waals surface area contributed by atoms with Gasteiger partial charge in [0.2, 0.25) is 11.8 Å². The van der Waals surface area contributed by atoms with Gasteiger partial charge in [0, 0.05) is 18.3 Å². The minimum atomic E-state index is -2.81. The van der Waals surface area contributed by atoms with Gasteiger partial charge in [0.25, 0.3) is 0 Å². The van der Waals surface area contributed by atoms with Crippen LogP contribution in [0.15, 0.2) is 24.3 Å². The molecule has 1 aliphatic heterocycles. The molecule has 1 aliphatic carbocycles. The number of benzene rings is 1. The lowest BCUT2D eigenvalue weighted by molar-refractivity contribution is -0.155. The highest BCUT2D eigenvalue weighted by Gasteiger charge is 2.55. The topological polar surface area (TPSA) is 62.1 Å². The van der Waals surface area contributed by atoms with Gasteiger partial charge < -0.3 is 10.1 Å². The molecule has 3 rings (SSSR count). The second-order valence-corrected chi connectivity index (χ2v) is 6.41. The van der Waals surface area contributed by atoms with Crippen molar-refractivity contribution in [3.8, 4) is 6.07 Å². The highest BCUT2D eigenvalue weighted by atomic mass is 19.3. The summed E-state index contributed by atoms with van der Waals surface area (Å²) >= 11 is 0. The second-order valence-electron chi connectivity index (χ2n) is 6.41. The summed E-state index contributed by atoms with van der Waals surface area (Å²) in [5.74, 6) is -4.63. The molecular weight excluding hydrogens is 302 g/mol. The third kappa shape index (κ3) is 3.06. The van der Waals surface area contributed by atoms with E-state index in [0.29, 0.717) is 12.2 Å². The van der Waals surface area contributed by atoms with E-state index >= 15 is 0 Å². The predicted octanol–water partition coefficient (Wildman–Crippen LogP) is 2.58. The molecule has 0 spiro atoms. The molecule has 2 unspecified atom stereocenters. The third-order valence-corrected chi connectivity index (χ3v) is 4.73. The number of alkyl halides is 2. The SMILES string of the molecule is CC(F)(F)C1CC1C(=O)NC[C@@]1(c2cccc(C#N)c2)CCO1. The molecule has 0 radical (unpaired) electrons. The van der Waals surface area contributed by atoms with Crippen molar-refractivity contribution < 1.29 is 18.3 Å². The predicted molar refractivity (Wildman–Crippen MR) is 78.6 cm³/mol. The molecular formula is C17H18F2N2O2. The van der Waals surface area contributed by atoms with E-state index in [1.807, 2.05) is 6.07 Å². The Bertz CT molecular complexity index is 659. The molecule has 1 aromatic carbocycles. The van der Waals surface area contributed by atoms with E-state index in [0.717, 1.165) is 18.9 Å². The average Bonchev–Trinajstić information content (AvgIpc) is 3.26. The fourth-order valence-electron chi connectivity index (χ4n) is 3.10. The lowest BCUT2D eigenvalue weighted by atomic mass is 9.85. The first-order chi connectivity index (χ1) is 10.9. The zero-order valence-electron chi connectivity index (χ0n) is 12.8. The minimum Gasteiger partial charge on any atom is -0.368 e. The van der Waals surface area contributed by atoms with Crippen LogP contribution in [0.3, 0.4) is 0 Å². The van der Waals surface area contributed by atoms with Gasteiger partial charge in [-0.1, -0.05) is 12.1 Å². The number of ether oxygens (including phenoxy) is 1. The number of hydrogen-bond donors (Lipinski definition) is 1. The van der Waals surface area contributed by atoms with Gasteiger partial charge in [-0.15, -0.1) is 0 Å². The van der Waals surface area contributed by atoms with Crippen LogP contribution in [0.4, 0.5) is 8.78 Å². The summed E-state index contributed by atoms with van der Waals surface area (Å²) in [4.78, 5) is 12.1. The van der Waals surface area contributed by atoms with E-state index in [1.54, 1.807) is 18.2 Å². The van der Waals surface area contributed by atoms with Crippen LogP contribution in [-0.2, 0) is 15.1 Å². The summed E-state index contributed by atoms with van der Waals surface area (Å²) in [5, 5.41) is 11.7. The Morgan fingerprint density at radius 3 is 2.83 bits per heavy atom. The Morgan fingerprint density at radius 1 is 1.57 bits per heavy atom. The van der Waals surface area contributed by atoms with Gasteiger partial charge in [0.1, 0.15) is 5.60 Å². The van der Waals surface area contributed by atoms with E-state index in [1.165, 1.54) is 0 Å². The van der Waals surface area contributed by atoms with Crippen LogP contribution in [0.1, 0.15) is 30.9 Å². The molecule has 3 atom stereocenters. The summed E-state index contributed by atoms with van der Waals surface area (Å²) in [6.45, 7) is 1.67. The van der Waals surface area contributed by atoms with Crippen LogP contribution < -0.4 is 5.32 Å². The summed E-state index contributed by atoms with van der Waals surface area (Å²) in [7, 11) is 0. The average molecular weight is 320 g/mol. The lowest BCUT2D eigenvalue weighted by Gasteiger charge is -2.42. The van der Waals surface area contributed by atoms with Gasteiger partial charge in [0.05, 0.1) is 24.8 Å². The zero-order chi connectivity index (χ0) is 16.7. The van der Waals surface area contributed by atoms with Crippen molar-refractivity contribution in [1.29, 1.82) is 5.26 Å². The number of carbonyl (C=O) groups excluding carboxylic acids is 1. The molecule has 1 heterocycles. The maximum atomic E-state index is 13.2. The molecule has 23 heavy (non-hydrogen) atoms. The number of halogens is 2. The van der Waals surface area contributed by atoms with Crippen molar-refractivity contribution in [2.75, 3.05) is 13.2 Å². The van der Waals surface area contributed by atoms with Gasteiger partial charge in [0.15, 0.2) is 0 Å². The molecule has 1 saturated carbocycles. The smallest absolute Gasteiger partial charge is 0.248 e. The van der Waals surface area contributed by atoms with Crippen molar-refractivity contribution >= 4 is 5.91 Å². The fraction of sp³-hybridized carbons (Fsp3) is 0.529. The Balaban J connectivity index is 1.64. The van der Waals surface area contributed by atoms with Crippen LogP contribution >= 0.6 is 0 Å². The van der Waals surface area contributed by atoms with Crippen molar-refractivity contribution in [2.24, 2.45) is 11.8 Å². The summed E-state index contributed by atoms with van der Waals surface area (Å²) in [6, 6.07) is 9.14. The summed E-state index contributed by atoms with van der Waals surface area (Å²) in [6.07, 6.45) is 0.952. The molecule has 1 saturated heterocycles. The number of nitrogens with zero attached hydrogens (tertiary/aromatic N) is 1. The van der Waals surface area contributed by atoms with Gasteiger partial charge in [-0.25, -0.2) is 8.78 Å². The van der Waals surface area contributed by atoms with E-state index in [4.69, 9.17) is 10.00 Å². The van der Waals surface area contributed by atoms with Gasteiger partial charge >= 0.3 is 0 Å². The largest absolute Gasteiger partial charge is 0.368 e. The molecule has 0 aromatic heterocycles. The first kappa shape index (κ1) is 15.9. The van der Waals surface area contributed by atoms with E-state index in [2.05, 4.69) is 11.4 Å². The maximum absolute atomic E-state index is 13.2. The standard InChI is InChI=1S/C17H18F2N2O2/c1-16(18,19)14-8-13(14)15(22)21-10-17(5-6-23-17)12-4-2-3-11(7-12)9-20/h2-4,7,13-14H,5-6,8,10H2,1H3,(H,21,22)/t13?,14?,17-/m1/s1. The number of amides is 1. The highest BCUT2D eigenvalue weighted by Crippen LogP contribution is 2.49. The van der Waals surface area contributed by atoms with Gasteiger partial charge in [-0.3, -0.25) is 4.79 Å². The summed E-state index contributed by atoms with van der Waals surface area (Å²) < 4.78 is 32.0. The number of nitrogens with one attached hydrogen (secondary N) is 1. The molecule has 1 amide bonds. The van der Waals surface area contributed by atoms with E-state index in [9.17, 15) is 13.6 Å². The maximum Gasteiger partial charge on any atom is 0.248 e. The van der Waals surface area contributed by atoms with Crippen molar-refractivity contribution in [1.82, 2.24) is 5.32 Å². The zero-order valence-corrected chi connectivity index (χ0v) is 12.8. The molecule has 0 bridgehead atoms. The Morgan fingerprint density at radius 2 is 2.30 bits per heavy atom. The fourth-order valence-corrected chi connectivity index (χ4v) is 3.10. The third-order valence-electron chi connectivity index (χ3n) is 4.73. The molecule has 1 aromatic rings. The Labute approximate surface area is 133 Å². The van der Waals surface area contributed by atoms with Crippen LogP contribution in [0.5, 0.6) is 0 Å². The number of hydrogen-bond acceptors (Lipinski definition) is 3. The molecule has 2 fully saturated rings. The Hall–Kier alpha value is -2.00. The van der Waals surface area contributed by atoms with Gasteiger partial charge in [-0.05, 0) is 31.0 Å². The monoisotopic (exact) mass is 320 g/mol. The van der Waals surface area contributed by atoms with Crippen molar-refractivity contribution in [2.45, 2.75) is 31.3 Å². The number of nitriles is 1. The van der Waals surface area contributed by atoms with Crippen LogP contribution in [-0.4, -0.2) is 25.0 Å². The molecule has 4 nitrogen and oxygen atoms in total. The van der Waals surface area contributed by atoms with Crippen molar-refractivity contribution in [3.63, 3.8) is 0 Å². The van der Waals surface area contributed by atoms with Crippen molar-refractivity contribution in [3.05, 3.63) is 35.4 Å². The van der Waals surface area contributed by atoms with E-state index in [-0.39, 0.29) is 18.9 Å². The molecule has 122 valence electrons. The normalized spacial score (nSPS) is 29.3. The van der Waals surface area contributed by atoms with E-state index < -0.39 is 23.4 Å². The minimum absolute atomic E-state index is 0.229. The molecule has 6 heteroatoms. The second kappa shape index (κ2) is 5.57. The van der Waals surface area contributed by atoms with Crippen LogP contribution in [0.25, 0.3) is 0 Å². The summed E-state index contributed by atoms with van der Waals surface area (Å²) in [5.41, 5.74) is 0.703. The van der Waals surface area contributed by atoms with Crippen LogP contribution in [0, 0.1) is 23.2 Å². The number of carbonyl (C=O) groups is 1.